The van der Waals surface area contributed by atoms with Gasteiger partial charge in [0.05, 0.1) is 13.2 Å². The van der Waals surface area contributed by atoms with Gasteiger partial charge < -0.3 is 5.73 Å². The predicted molar refractivity (Wildman–Crippen MR) is 154 cm³/mol. The summed E-state index contributed by atoms with van der Waals surface area (Å²) in [6, 6.07) is 0.443. The first kappa shape index (κ1) is 27.9. The molecule has 0 saturated heterocycles. The van der Waals surface area contributed by atoms with Crippen LogP contribution in [0.3, 0.4) is 0 Å². The number of amides is 1. The highest BCUT2D eigenvalue weighted by atomic mass is 16.7. The third kappa shape index (κ3) is 3.57. The normalized spacial score (nSPS) is 50.6. The van der Waals surface area contributed by atoms with Crippen LogP contribution < -0.4 is 5.73 Å². The minimum absolute atomic E-state index is 0.0183. The second-order valence-corrected chi connectivity index (χ2v) is 16.8. The van der Waals surface area contributed by atoms with E-state index < -0.39 is 5.41 Å². The average Bonchev–Trinajstić information content (AvgIpc) is 3.70. The Labute approximate surface area is 237 Å². The van der Waals surface area contributed by atoms with Crippen LogP contribution in [0.25, 0.3) is 0 Å². The fourth-order valence-corrected chi connectivity index (χ4v) is 11.4. The molecule has 2 N–H and O–H groups in total. The molecule has 0 aliphatic heterocycles. The molecule has 0 radical (unpaired) electrons. The quantitative estimate of drug-likeness (QED) is 0.399. The minimum Gasteiger partial charge on any atom is -0.327 e. The van der Waals surface area contributed by atoms with Crippen LogP contribution in [0.2, 0.25) is 0 Å². The van der Waals surface area contributed by atoms with Crippen LogP contribution in [-0.2, 0) is 14.4 Å². The van der Waals surface area contributed by atoms with E-state index in [0.717, 1.165) is 64.2 Å². The van der Waals surface area contributed by atoms with E-state index in [-0.39, 0.29) is 56.9 Å². The molecule has 5 saturated carbocycles. The highest BCUT2D eigenvalue weighted by molar-refractivity contribution is 5.95. The maximum absolute atomic E-state index is 14.5. The summed E-state index contributed by atoms with van der Waals surface area (Å²) in [6.07, 6.45) is 13.6. The van der Waals surface area contributed by atoms with E-state index in [0.29, 0.717) is 11.7 Å². The molecule has 0 aromatic carbocycles. The first-order valence-corrected chi connectivity index (χ1v) is 16.0. The SMILES string of the molecule is CON(C(=O)[C@@]1(C)CC[C@]2(C)CC[C@]3(C)C(=CC(=O)[C@@H]4[C@@]5(C)CC[C@H](N)C(C)(C)C5CC[C@]43C)[C@@H]2C1)C1CC1. The summed E-state index contributed by atoms with van der Waals surface area (Å²) in [5.41, 5.74) is 7.72. The molecular formula is C34H54N2O3. The molecule has 0 aromatic heterocycles. The maximum Gasteiger partial charge on any atom is 0.252 e. The highest BCUT2D eigenvalue weighted by Crippen LogP contribution is 2.75. The standard InChI is InChI=1S/C34H54N2O3/c1-29(2)25-11-14-34(7)27(32(25,5)13-12-26(29)35)24(37)19-22-23-20-31(4,28(38)36(39-8)21-9-10-21)16-15-30(23,3)17-18-33(22,34)6/h19,21,23,25-27H,9-18,20,35H2,1-8H3/t23-,25?,26-,27+,30+,31-,32-,33+,34+/m0/s1. The smallest absolute Gasteiger partial charge is 0.252 e. The summed E-state index contributed by atoms with van der Waals surface area (Å²) >= 11 is 0. The molecule has 6 aliphatic rings. The topological polar surface area (TPSA) is 72.6 Å². The summed E-state index contributed by atoms with van der Waals surface area (Å²) in [5.74, 6) is 1.30. The van der Waals surface area contributed by atoms with Gasteiger partial charge in [-0.3, -0.25) is 14.4 Å². The van der Waals surface area contributed by atoms with Crippen LogP contribution in [-0.4, -0.2) is 35.9 Å². The average molecular weight is 539 g/mol. The van der Waals surface area contributed by atoms with Crippen LogP contribution in [0.15, 0.2) is 11.6 Å². The van der Waals surface area contributed by atoms with Crippen molar-refractivity contribution in [3.63, 3.8) is 0 Å². The van der Waals surface area contributed by atoms with Crippen molar-refractivity contribution in [2.24, 2.45) is 56.0 Å². The van der Waals surface area contributed by atoms with Crippen molar-refractivity contribution in [1.29, 1.82) is 0 Å². The Morgan fingerprint density at radius 3 is 2.23 bits per heavy atom. The van der Waals surface area contributed by atoms with E-state index in [1.807, 2.05) is 0 Å². The number of carbonyl (C=O) groups is 2. The van der Waals surface area contributed by atoms with Crippen molar-refractivity contribution in [2.75, 3.05) is 7.11 Å². The second kappa shape index (κ2) is 8.43. The summed E-state index contributed by atoms with van der Waals surface area (Å²) in [5, 5.41) is 1.68. The number of hydrogen-bond donors (Lipinski definition) is 1. The Kier molecular flexibility index (Phi) is 6.04. The van der Waals surface area contributed by atoms with Crippen molar-refractivity contribution in [3.05, 3.63) is 11.6 Å². The van der Waals surface area contributed by atoms with E-state index in [9.17, 15) is 9.59 Å². The number of carbonyl (C=O) groups excluding carboxylic acids is 2. The predicted octanol–water partition coefficient (Wildman–Crippen LogP) is 6.85. The molecule has 0 bridgehead atoms. The molecule has 5 nitrogen and oxygen atoms in total. The largest absolute Gasteiger partial charge is 0.327 e. The monoisotopic (exact) mass is 538 g/mol. The van der Waals surface area contributed by atoms with Crippen LogP contribution in [0.1, 0.15) is 119 Å². The van der Waals surface area contributed by atoms with Gasteiger partial charge in [-0.2, -0.15) is 0 Å². The van der Waals surface area contributed by atoms with Gasteiger partial charge in [0.1, 0.15) is 0 Å². The van der Waals surface area contributed by atoms with Gasteiger partial charge in [-0.15, -0.1) is 0 Å². The zero-order valence-electron chi connectivity index (χ0n) is 26.0. The molecule has 0 aromatic rings. The molecule has 5 fully saturated rings. The summed E-state index contributed by atoms with van der Waals surface area (Å²) in [6.45, 7) is 16.7. The van der Waals surface area contributed by atoms with Crippen molar-refractivity contribution in [3.8, 4) is 0 Å². The zero-order valence-corrected chi connectivity index (χ0v) is 26.0. The number of allylic oxidation sites excluding steroid dienone is 2. The van der Waals surface area contributed by atoms with Crippen LogP contribution >= 0.6 is 0 Å². The lowest BCUT2D eigenvalue weighted by atomic mass is 9.33. The van der Waals surface area contributed by atoms with E-state index in [4.69, 9.17) is 10.6 Å². The molecule has 9 atom stereocenters. The van der Waals surface area contributed by atoms with Gasteiger partial charge in [0.15, 0.2) is 5.78 Å². The Morgan fingerprint density at radius 2 is 1.59 bits per heavy atom. The molecular weight excluding hydrogens is 484 g/mol. The summed E-state index contributed by atoms with van der Waals surface area (Å²) in [7, 11) is 1.64. The molecule has 6 aliphatic carbocycles. The van der Waals surface area contributed by atoms with Crippen LogP contribution in [0.5, 0.6) is 0 Å². The lowest BCUT2D eigenvalue weighted by Gasteiger charge is -2.70. The Balaban J connectivity index is 1.40. The molecule has 1 unspecified atom stereocenters. The molecule has 6 rings (SSSR count). The van der Waals surface area contributed by atoms with Gasteiger partial charge in [0, 0.05) is 17.4 Å². The number of rotatable bonds is 3. The number of hydroxylamine groups is 2. The fourth-order valence-electron chi connectivity index (χ4n) is 11.4. The fraction of sp³-hybridized carbons (Fsp3) is 0.882. The number of ketones is 1. The van der Waals surface area contributed by atoms with Crippen molar-refractivity contribution >= 4 is 11.7 Å². The van der Waals surface area contributed by atoms with Crippen molar-refractivity contribution in [1.82, 2.24) is 5.06 Å². The molecule has 5 heteroatoms. The molecule has 1 amide bonds. The number of hydrogen-bond acceptors (Lipinski definition) is 4. The van der Waals surface area contributed by atoms with Crippen LogP contribution in [0, 0.1) is 50.2 Å². The molecule has 39 heavy (non-hydrogen) atoms. The van der Waals surface area contributed by atoms with Gasteiger partial charge >= 0.3 is 0 Å². The Hall–Kier alpha value is -1.20. The zero-order chi connectivity index (χ0) is 28.4. The number of fused-ring (bicyclic) bond motifs is 7. The molecule has 0 spiro atoms. The third-order valence-corrected chi connectivity index (χ3v) is 14.5. The highest BCUT2D eigenvalue weighted by Gasteiger charge is 2.70. The Bertz CT molecular complexity index is 1110. The lowest BCUT2D eigenvalue weighted by Crippen LogP contribution is -2.67. The third-order valence-electron chi connectivity index (χ3n) is 14.5. The van der Waals surface area contributed by atoms with E-state index in [1.54, 1.807) is 12.2 Å². The first-order valence-electron chi connectivity index (χ1n) is 16.0. The summed E-state index contributed by atoms with van der Waals surface area (Å²) in [4.78, 5) is 34.0. The van der Waals surface area contributed by atoms with E-state index in [2.05, 4.69) is 54.5 Å². The van der Waals surface area contributed by atoms with Gasteiger partial charge in [-0.25, -0.2) is 5.06 Å². The van der Waals surface area contributed by atoms with Gasteiger partial charge in [-0.1, -0.05) is 54.0 Å². The van der Waals surface area contributed by atoms with E-state index in [1.165, 1.54) is 12.0 Å². The number of nitrogens with zero attached hydrogens (tertiary/aromatic N) is 1. The minimum atomic E-state index is -0.449. The van der Waals surface area contributed by atoms with Gasteiger partial charge in [-0.05, 0) is 116 Å². The summed E-state index contributed by atoms with van der Waals surface area (Å²) < 4.78 is 0. The lowest BCUT2D eigenvalue weighted by molar-refractivity contribution is -0.198. The van der Waals surface area contributed by atoms with Gasteiger partial charge in [0.2, 0.25) is 0 Å². The van der Waals surface area contributed by atoms with Crippen molar-refractivity contribution < 1.29 is 14.4 Å². The maximum atomic E-state index is 14.5. The Morgan fingerprint density at radius 1 is 0.923 bits per heavy atom. The number of nitrogens with two attached hydrogens (primary N) is 1. The molecule has 218 valence electrons. The van der Waals surface area contributed by atoms with E-state index >= 15 is 0 Å². The molecule has 0 heterocycles. The second-order valence-electron chi connectivity index (χ2n) is 16.8. The first-order chi connectivity index (χ1) is 18.1. The van der Waals surface area contributed by atoms with Gasteiger partial charge in [0.25, 0.3) is 5.91 Å². The van der Waals surface area contributed by atoms with Crippen LogP contribution in [0.4, 0.5) is 0 Å². The van der Waals surface area contributed by atoms with Crippen molar-refractivity contribution in [2.45, 2.75) is 131 Å².